The molecule has 0 bridgehead atoms. The van der Waals surface area contributed by atoms with Crippen LogP contribution in [0.15, 0.2) is 11.6 Å². The first-order chi connectivity index (χ1) is 18.2. The Hall–Kier alpha value is -0.820. The number of rotatable bonds is 8. The molecule has 38 heavy (non-hydrogen) atoms. The monoisotopic (exact) mass is 567 g/mol. The van der Waals surface area contributed by atoms with Gasteiger partial charge >= 0.3 is 0 Å². The molecule has 1 heterocycles. The van der Waals surface area contributed by atoms with Crippen molar-refractivity contribution >= 4 is 35.0 Å². The van der Waals surface area contributed by atoms with Crippen molar-refractivity contribution < 1.29 is 14.7 Å². The number of amides is 2. The van der Waals surface area contributed by atoms with Crippen molar-refractivity contribution in [1.29, 1.82) is 0 Å². The number of hydrogen-bond acceptors (Lipinski definition) is 4. The lowest BCUT2D eigenvalue weighted by Crippen LogP contribution is -2.56. The van der Waals surface area contributed by atoms with Crippen LogP contribution in [0.3, 0.4) is 0 Å². The minimum atomic E-state index is -0.372. The molecule has 1 saturated heterocycles. The second-order valence-electron chi connectivity index (χ2n) is 13.2. The number of aliphatic hydroxyl groups excluding tert-OH is 1. The molecule has 5 aliphatic rings. The van der Waals surface area contributed by atoms with Gasteiger partial charge in [0.15, 0.2) is 0 Å². The summed E-state index contributed by atoms with van der Waals surface area (Å²) in [7, 11) is 0. The van der Waals surface area contributed by atoms with Gasteiger partial charge in [0, 0.05) is 37.4 Å². The van der Waals surface area contributed by atoms with Crippen molar-refractivity contribution in [2.24, 2.45) is 28.6 Å². The highest BCUT2D eigenvalue weighted by atomic mass is 35.5. The zero-order chi connectivity index (χ0) is 27.1. The van der Waals surface area contributed by atoms with Crippen molar-refractivity contribution in [2.75, 3.05) is 37.9 Å². The van der Waals surface area contributed by atoms with E-state index in [0.29, 0.717) is 49.1 Å². The van der Waals surface area contributed by atoms with Crippen molar-refractivity contribution in [3.63, 3.8) is 0 Å². The summed E-state index contributed by atoms with van der Waals surface area (Å²) >= 11 is 11.8. The van der Waals surface area contributed by atoms with Crippen LogP contribution in [0.5, 0.6) is 0 Å². The molecular formula is C30H47Cl2N3O3. The number of hydrogen-bond donors (Lipinski definition) is 2. The molecule has 4 aliphatic carbocycles. The topological polar surface area (TPSA) is 72.9 Å². The van der Waals surface area contributed by atoms with Gasteiger partial charge in [0.1, 0.15) is 6.04 Å². The zero-order valence-corrected chi connectivity index (χ0v) is 24.8. The minimum absolute atomic E-state index is 0.00421. The number of carbonyl (C=O) groups is 2. The molecule has 5 rings (SSSR count). The number of nitrogens with one attached hydrogen (secondary N) is 1. The van der Waals surface area contributed by atoms with Crippen LogP contribution in [0, 0.1) is 28.6 Å². The molecular weight excluding hydrogens is 521 g/mol. The van der Waals surface area contributed by atoms with E-state index in [1.807, 2.05) is 4.90 Å². The largest absolute Gasteiger partial charge is 0.393 e. The fourth-order valence-corrected chi connectivity index (χ4v) is 9.75. The Morgan fingerprint density at radius 3 is 2.58 bits per heavy atom. The number of likely N-dealkylation sites (tertiary alicyclic amines) is 1. The van der Waals surface area contributed by atoms with Gasteiger partial charge in [-0.1, -0.05) is 25.5 Å². The third-order valence-corrected chi connectivity index (χ3v) is 11.8. The van der Waals surface area contributed by atoms with E-state index >= 15 is 0 Å². The van der Waals surface area contributed by atoms with E-state index in [-0.39, 0.29) is 47.4 Å². The van der Waals surface area contributed by atoms with E-state index < -0.39 is 0 Å². The fourth-order valence-electron chi connectivity index (χ4n) is 9.28. The summed E-state index contributed by atoms with van der Waals surface area (Å²) in [6, 6.07) is -0.197. The Labute approximate surface area is 238 Å². The highest BCUT2D eigenvalue weighted by Crippen LogP contribution is 2.64. The highest BCUT2D eigenvalue weighted by molar-refractivity contribution is 6.18. The summed E-state index contributed by atoms with van der Waals surface area (Å²) in [4.78, 5) is 30.6. The molecule has 0 aromatic heterocycles. The first kappa shape index (κ1) is 28.7. The number of halogens is 2. The molecule has 2 amide bonds. The van der Waals surface area contributed by atoms with Crippen LogP contribution < -0.4 is 5.32 Å². The zero-order valence-electron chi connectivity index (χ0n) is 23.3. The highest BCUT2D eigenvalue weighted by Gasteiger charge is 2.59. The summed E-state index contributed by atoms with van der Waals surface area (Å²) in [5.74, 6) is 2.92. The summed E-state index contributed by atoms with van der Waals surface area (Å²) in [5, 5.41) is 13.8. The molecule has 3 saturated carbocycles. The standard InChI is InChI=1S/C30H47Cl2N3O3/c1-29-11-9-21(36)18-20(29)5-6-22-23-7-8-26(30(23,2)12-10-24(22)29)33-28(38)25-4-3-15-35(25)27(37)19-34(16-13-31)17-14-32/h5,21-26,36H,3-4,6-19H2,1-2H3,(H,33,38)/t21-,22-,23-,24-,25+,26+,29-,30-/m0/s1. The van der Waals surface area contributed by atoms with Crippen LogP contribution in [0.1, 0.15) is 78.1 Å². The quantitative estimate of drug-likeness (QED) is 0.333. The second kappa shape index (κ2) is 11.6. The number of allylic oxidation sites excluding steroid dienone is 1. The molecule has 2 N–H and O–H groups in total. The molecule has 6 nitrogen and oxygen atoms in total. The number of alkyl halides is 2. The van der Waals surface area contributed by atoms with E-state index in [2.05, 4.69) is 25.2 Å². The molecule has 0 aromatic carbocycles. The van der Waals surface area contributed by atoms with E-state index in [4.69, 9.17) is 23.2 Å². The van der Waals surface area contributed by atoms with Crippen LogP contribution in [0.25, 0.3) is 0 Å². The van der Waals surface area contributed by atoms with Crippen molar-refractivity contribution in [2.45, 2.75) is 96.2 Å². The predicted octanol–water partition coefficient (Wildman–Crippen LogP) is 4.57. The number of aliphatic hydroxyl groups is 1. The van der Waals surface area contributed by atoms with Crippen LogP contribution in [-0.4, -0.2) is 82.8 Å². The Kier molecular flexibility index (Phi) is 8.75. The first-order valence-corrected chi connectivity index (χ1v) is 16.1. The lowest BCUT2D eigenvalue weighted by atomic mass is 9.48. The van der Waals surface area contributed by atoms with Crippen LogP contribution in [0.4, 0.5) is 0 Å². The SMILES string of the molecule is C[C@]12CC[C@H]3[C@@H](CC=C4C[C@@H](O)CC[C@@]43C)[C@@H]1CC[C@H]2NC(=O)[C@H]1CCCN1C(=O)CN(CCCl)CCCl. The minimum Gasteiger partial charge on any atom is -0.393 e. The van der Waals surface area contributed by atoms with Crippen molar-refractivity contribution in [1.82, 2.24) is 15.1 Å². The van der Waals surface area contributed by atoms with Gasteiger partial charge in [-0.15, -0.1) is 23.2 Å². The third-order valence-electron chi connectivity index (χ3n) is 11.4. The molecule has 4 fully saturated rings. The third kappa shape index (κ3) is 5.17. The predicted molar refractivity (Wildman–Crippen MR) is 152 cm³/mol. The van der Waals surface area contributed by atoms with Crippen molar-refractivity contribution in [3.05, 3.63) is 11.6 Å². The van der Waals surface area contributed by atoms with E-state index in [1.165, 1.54) is 18.4 Å². The van der Waals surface area contributed by atoms with Gasteiger partial charge in [0.2, 0.25) is 11.8 Å². The van der Waals surface area contributed by atoms with Gasteiger partial charge in [0.05, 0.1) is 12.6 Å². The molecule has 0 radical (unpaired) electrons. The molecule has 0 spiro atoms. The van der Waals surface area contributed by atoms with Gasteiger partial charge in [-0.2, -0.15) is 0 Å². The van der Waals surface area contributed by atoms with Crippen LogP contribution >= 0.6 is 23.2 Å². The lowest BCUT2D eigenvalue weighted by Gasteiger charge is -2.58. The van der Waals surface area contributed by atoms with E-state index in [1.54, 1.807) is 4.90 Å². The van der Waals surface area contributed by atoms with Gasteiger partial charge in [-0.25, -0.2) is 0 Å². The number of fused-ring (bicyclic) bond motifs is 5. The first-order valence-electron chi connectivity index (χ1n) is 15.0. The van der Waals surface area contributed by atoms with Crippen LogP contribution in [-0.2, 0) is 9.59 Å². The lowest BCUT2D eigenvalue weighted by molar-refractivity contribution is -0.140. The fraction of sp³-hybridized carbons (Fsp3) is 0.867. The summed E-state index contributed by atoms with van der Waals surface area (Å²) < 4.78 is 0. The van der Waals surface area contributed by atoms with Gasteiger partial charge in [-0.3, -0.25) is 14.5 Å². The molecule has 1 aliphatic heterocycles. The van der Waals surface area contributed by atoms with Gasteiger partial charge in [-0.05, 0) is 92.8 Å². The Morgan fingerprint density at radius 2 is 1.84 bits per heavy atom. The smallest absolute Gasteiger partial charge is 0.243 e. The maximum Gasteiger partial charge on any atom is 0.243 e. The maximum atomic E-state index is 13.6. The van der Waals surface area contributed by atoms with Crippen LogP contribution in [0.2, 0.25) is 0 Å². The average Bonchev–Trinajstić information content (AvgIpc) is 3.50. The molecule has 8 atom stereocenters. The number of nitrogens with zero attached hydrogens (tertiary/aromatic N) is 2. The summed E-state index contributed by atoms with van der Waals surface area (Å²) in [6.07, 6.45) is 12.5. The maximum absolute atomic E-state index is 13.6. The summed E-state index contributed by atoms with van der Waals surface area (Å²) in [5.41, 5.74) is 1.85. The molecule has 8 heteroatoms. The Balaban J connectivity index is 1.24. The molecule has 0 unspecified atom stereocenters. The second-order valence-corrected chi connectivity index (χ2v) is 14.0. The summed E-state index contributed by atoms with van der Waals surface area (Å²) in [6.45, 7) is 7.02. The number of carbonyl (C=O) groups excluding carboxylic acids is 2. The molecule has 0 aromatic rings. The van der Waals surface area contributed by atoms with E-state index in [0.717, 1.165) is 51.4 Å². The normalized spacial score (nSPS) is 40.4. The van der Waals surface area contributed by atoms with Gasteiger partial charge < -0.3 is 15.3 Å². The van der Waals surface area contributed by atoms with Crippen molar-refractivity contribution in [3.8, 4) is 0 Å². The Bertz CT molecular complexity index is 924. The van der Waals surface area contributed by atoms with Gasteiger partial charge in [0.25, 0.3) is 0 Å². The van der Waals surface area contributed by atoms with E-state index in [9.17, 15) is 14.7 Å². The average molecular weight is 569 g/mol. The molecule has 214 valence electrons. The Morgan fingerprint density at radius 1 is 1.08 bits per heavy atom.